The summed E-state index contributed by atoms with van der Waals surface area (Å²) in [7, 11) is -9.80. The second-order valence-corrected chi connectivity index (χ2v) is 25.5. The quantitative estimate of drug-likeness (QED) is 0.0146. The minimum absolute atomic E-state index is 0.0812. The molecule has 0 aliphatic heterocycles. The van der Waals surface area contributed by atoms with E-state index in [-0.39, 0.29) is 19.3 Å². The van der Waals surface area contributed by atoms with Gasteiger partial charge in [-0.25, -0.2) is 9.13 Å². The van der Waals surface area contributed by atoms with Crippen LogP contribution in [0.4, 0.5) is 0 Å². The van der Waals surface area contributed by atoms with Crippen molar-refractivity contribution in [3.8, 4) is 0 Å². The molecule has 0 bridgehead atoms. The second-order valence-electron chi connectivity index (χ2n) is 22.6. The maximum absolute atomic E-state index is 12.9. The van der Waals surface area contributed by atoms with Gasteiger partial charge < -0.3 is 34.2 Å². The number of esters is 3. The van der Waals surface area contributed by atoms with E-state index in [0.717, 1.165) is 173 Å². The Morgan fingerprint density at radius 3 is 0.967 bits per heavy atom. The van der Waals surface area contributed by atoms with Crippen molar-refractivity contribution in [1.82, 2.24) is 0 Å². The van der Waals surface area contributed by atoms with E-state index in [0.29, 0.717) is 19.3 Å². The Kier molecular flexibility index (Phi) is 62.6. The van der Waals surface area contributed by atoms with Gasteiger partial charge in [0.1, 0.15) is 25.4 Å². The van der Waals surface area contributed by atoms with Crippen molar-refractivity contribution in [3.05, 3.63) is 134 Å². The molecule has 5 unspecified atom stereocenters. The number of allylic oxidation sites excluding steroid dienone is 22. The Hall–Kier alpha value is -4.31. The molecule has 16 nitrogen and oxygen atoms in total. The van der Waals surface area contributed by atoms with Gasteiger partial charge in [-0.1, -0.05) is 231 Å². The van der Waals surface area contributed by atoms with Crippen LogP contribution in [0, 0.1) is 0 Å². The molecule has 5 atom stereocenters. The van der Waals surface area contributed by atoms with Gasteiger partial charge in [0.15, 0.2) is 6.10 Å². The van der Waals surface area contributed by atoms with Crippen LogP contribution in [-0.4, -0.2) is 95.9 Å². The third-order valence-corrected chi connectivity index (χ3v) is 15.7. The third-order valence-electron chi connectivity index (χ3n) is 13.8. The number of carbonyl (C=O) groups is 3. The lowest BCUT2D eigenvalue weighted by molar-refractivity contribution is -0.161. The Bertz CT molecular complexity index is 2190. The summed E-state index contributed by atoms with van der Waals surface area (Å²) >= 11 is 0. The summed E-state index contributed by atoms with van der Waals surface area (Å²) in [5.74, 6) is -1.64. The van der Waals surface area contributed by atoms with Crippen LogP contribution in [0.1, 0.15) is 252 Å². The van der Waals surface area contributed by atoms with Crippen LogP contribution in [0.2, 0.25) is 0 Å². The van der Waals surface area contributed by atoms with Crippen molar-refractivity contribution >= 4 is 33.6 Å². The van der Waals surface area contributed by atoms with Crippen LogP contribution in [0.15, 0.2) is 134 Å². The van der Waals surface area contributed by atoms with Crippen LogP contribution >= 0.6 is 15.6 Å². The average molecular weight is 1320 g/mol. The summed E-state index contributed by atoms with van der Waals surface area (Å²) in [5.41, 5.74) is 0. The SMILES string of the molecule is CC/C=C\C/C=C\C/C=C\C/C=C\C/C=C\C/C=C\CCCCCCC(=O)OCC(O)COP(=O)(O)OCC(O)COP(=O)(O)OCC(COC(=O)CCCCCCCC/C=C\C/C=C\C/C=C\CCCCC)OC(=O)CCCCCCC/C=C\C/C=C\CCC. The number of rotatable bonds is 64. The standard InChI is InChI=1S/C73H122O16P2/c1-4-7-10-13-16-19-22-25-27-29-31-32-33-34-36-38-39-42-44-47-50-53-56-59-71(76)83-62-68(74)63-85-90(79,80)86-64-69(75)65-87-91(81,82)88-67-70(89-73(78)61-58-55-52-49-46-41-24-21-18-15-12-9-6-3)66-84-72(77)60-57-54-51-48-45-43-40-37-35-30-28-26-23-20-17-14-11-8-5-2/h7,10,12,15-17,19-21,24-28,31-32,34-37,39,42,68-70,74-75H,4-6,8-9,11,13-14,18,22-23,29-30,33,38,40-41,43-67H2,1-3H3,(H,79,80)(H,81,82)/b10-7-,15-12-,19-16-,20-17-,24-21-,27-25-,28-26-,32-31-,36-34-,37-35-,42-39-. The first kappa shape index (κ1) is 86.7. The highest BCUT2D eigenvalue weighted by atomic mass is 31.2. The Morgan fingerprint density at radius 1 is 0.319 bits per heavy atom. The molecular weight excluding hydrogens is 1190 g/mol. The third kappa shape index (κ3) is 66.9. The number of hydrogen-bond donors (Lipinski definition) is 4. The number of aliphatic hydroxyl groups excluding tert-OH is 2. The lowest BCUT2D eigenvalue weighted by Crippen LogP contribution is -2.30. The van der Waals surface area contributed by atoms with Gasteiger partial charge in [0.05, 0.1) is 26.4 Å². The molecule has 0 radical (unpaired) electrons. The van der Waals surface area contributed by atoms with Gasteiger partial charge in [-0.05, 0) is 135 Å². The number of phosphoric ester groups is 2. The van der Waals surface area contributed by atoms with Crippen molar-refractivity contribution in [2.24, 2.45) is 0 Å². The first-order valence-electron chi connectivity index (χ1n) is 34.5. The summed E-state index contributed by atoms with van der Waals surface area (Å²) in [6.07, 6.45) is 76.4. The molecule has 4 N–H and O–H groups in total. The van der Waals surface area contributed by atoms with Crippen LogP contribution in [-0.2, 0) is 55.8 Å². The molecule has 18 heteroatoms. The Morgan fingerprint density at radius 2 is 0.604 bits per heavy atom. The zero-order chi connectivity index (χ0) is 66.7. The van der Waals surface area contributed by atoms with Gasteiger partial charge in [0, 0.05) is 19.3 Å². The summed E-state index contributed by atoms with van der Waals surface area (Å²) in [6, 6.07) is 0. The number of carbonyl (C=O) groups excluding carboxylic acids is 3. The van der Waals surface area contributed by atoms with Crippen LogP contribution in [0.25, 0.3) is 0 Å². The maximum Gasteiger partial charge on any atom is 0.472 e. The summed E-state index contributed by atoms with van der Waals surface area (Å²) in [4.78, 5) is 58.4. The normalized spacial score (nSPS) is 15.0. The fourth-order valence-electron chi connectivity index (χ4n) is 8.56. The van der Waals surface area contributed by atoms with E-state index in [2.05, 4.69) is 154 Å². The summed E-state index contributed by atoms with van der Waals surface area (Å²) in [5, 5.41) is 20.5. The highest BCUT2D eigenvalue weighted by molar-refractivity contribution is 7.47. The van der Waals surface area contributed by atoms with Crippen molar-refractivity contribution in [2.45, 2.75) is 270 Å². The zero-order valence-electron chi connectivity index (χ0n) is 56.2. The van der Waals surface area contributed by atoms with Crippen molar-refractivity contribution in [3.63, 3.8) is 0 Å². The lowest BCUT2D eigenvalue weighted by Gasteiger charge is -2.21. The van der Waals surface area contributed by atoms with E-state index >= 15 is 0 Å². The Balaban J connectivity index is 4.66. The number of aliphatic hydroxyl groups is 2. The first-order valence-corrected chi connectivity index (χ1v) is 37.5. The molecule has 0 amide bonds. The molecule has 0 spiro atoms. The molecule has 0 aliphatic rings. The predicted molar refractivity (Wildman–Crippen MR) is 371 cm³/mol. The minimum Gasteiger partial charge on any atom is -0.463 e. The van der Waals surface area contributed by atoms with E-state index in [4.69, 9.17) is 32.3 Å². The minimum atomic E-state index is -4.94. The molecule has 0 saturated carbocycles. The van der Waals surface area contributed by atoms with Crippen LogP contribution < -0.4 is 0 Å². The van der Waals surface area contributed by atoms with Gasteiger partial charge in [-0.3, -0.25) is 32.5 Å². The fourth-order valence-corrected chi connectivity index (χ4v) is 10.1. The first-order chi connectivity index (χ1) is 44.2. The van der Waals surface area contributed by atoms with Crippen molar-refractivity contribution in [2.75, 3.05) is 39.6 Å². The largest absolute Gasteiger partial charge is 0.472 e. The summed E-state index contributed by atoms with van der Waals surface area (Å²) < 4.78 is 60.8. The van der Waals surface area contributed by atoms with Crippen LogP contribution in [0.3, 0.4) is 0 Å². The van der Waals surface area contributed by atoms with Gasteiger partial charge >= 0.3 is 33.6 Å². The molecule has 0 fully saturated rings. The van der Waals surface area contributed by atoms with Crippen LogP contribution in [0.5, 0.6) is 0 Å². The summed E-state index contributed by atoms with van der Waals surface area (Å²) in [6.45, 7) is 2.38. The van der Waals surface area contributed by atoms with Crippen molar-refractivity contribution in [1.29, 1.82) is 0 Å². The number of phosphoric acid groups is 2. The number of unbranched alkanes of at least 4 members (excludes halogenated alkanes) is 19. The lowest BCUT2D eigenvalue weighted by atomic mass is 10.1. The zero-order valence-corrected chi connectivity index (χ0v) is 58.0. The van der Waals surface area contributed by atoms with E-state index < -0.39 is 91.5 Å². The van der Waals surface area contributed by atoms with E-state index in [1.807, 2.05) is 0 Å². The molecule has 0 rings (SSSR count). The fraction of sp³-hybridized carbons (Fsp3) is 0.658. The van der Waals surface area contributed by atoms with E-state index in [1.54, 1.807) is 0 Å². The smallest absolute Gasteiger partial charge is 0.463 e. The Labute approximate surface area is 550 Å². The average Bonchev–Trinajstić information content (AvgIpc) is 3.74. The molecule has 0 saturated heterocycles. The molecular formula is C73H122O16P2. The van der Waals surface area contributed by atoms with E-state index in [1.165, 1.54) is 19.3 Å². The number of hydrogen-bond acceptors (Lipinski definition) is 14. The van der Waals surface area contributed by atoms with Gasteiger partial charge in [0.2, 0.25) is 0 Å². The van der Waals surface area contributed by atoms with E-state index in [9.17, 15) is 43.5 Å². The maximum atomic E-state index is 12.9. The number of ether oxygens (including phenoxy) is 3. The second kappa shape index (κ2) is 65.7. The molecule has 0 heterocycles. The molecule has 0 aliphatic carbocycles. The molecule has 0 aromatic heterocycles. The predicted octanol–water partition coefficient (Wildman–Crippen LogP) is 19.2. The monoisotopic (exact) mass is 1320 g/mol. The van der Waals surface area contributed by atoms with Crippen molar-refractivity contribution < 1.29 is 75.8 Å². The molecule has 0 aromatic rings. The molecule has 520 valence electrons. The molecule has 0 aromatic carbocycles. The topological polar surface area (TPSA) is 231 Å². The molecule has 91 heavy (non-hydrogen) atoms. The van der Waals surface area contributed by atoms with Gasteiger partial charge in [-0.15, -0.1) is 0 Å². The highest BCUT2D eigenvalue weighted by Gasteiger charge is 2.29. The van der Waals surface area contributed by atoms with Gasteiger partial charge in [-0.2, -0.15) is 0 Å². The van der Waals surface area contributed by atoms with Gasteiger partial charge in [0.25, 0.3) is 0 Å². The highest BCUT2D eigenvalue weighted by Crippen LogP contribution is 2.45.